The number of anilines is 8. The van der Waals surface area contributed by atoms with Crippen LogP contribution in [0.25, 0.3) is 22.3 Å². The molecule has 0 saturated heterocycles. The van der Waals surface area contributed by atoms with Gasteiger partial charge < -0.3 is 14.7 Å². The summed E-state index contributed by atoms with van der Waals surface area (Å²) >= 11 is 0. The molecule has 13 rings (SSSR count). The van der Waals surface area contributed by atoms with Crippen molar-refractivity contribution >= 4 is 45.5 Å². The third kappa shape index (κ3) is 8.46. The lowest BCUT2D eigenvalue weighted by Gasteiger charge is -2.47. The van der Waals surface area contributed by atoms with Gasteiger partial charge in [-0.2, -0.15) is 0 Å². The van der Waals surface area contributed by atoms with E-state index in [1.165, 1.54) is 89.0 Å². The summed E-state index contributed by atoms with van der Waals surface area (Å²) in [7, 11) is 0. The first-order valence-electron chi connectivity index (χ1n) is 29.5. The van der Waals surface area contributed by atoms with Crippen molar-refractivity contribution in [2.24, 2.45) is 0 Å². The van der Waals surface area contributed by atoms with Crippen LogP contribution in [0, 0.1) is 41.5 Å². The summed E-state index contributed by atoms with van der Waals surface area (Å²) in [5.41, 5.74) is 31.3. The Bertz CT molecular complexity index is 4320. The number of para-hydroxylation sites is 1. The molecule has 0 N–H and O–H groups in total. The van der Waals surface area contributed by atoms with Crippen molar-refractivity contribution in [1.82, 2.24) is 0 Å². The van der Waals surface area contributed by atoms with Gasteiger partial charge in [0.05, 0.1) is 16.8 Å². The largest absolute Gasteiger partial charge is 0.311 e. The first-order valence-corrected chi connectivity index (χ1v) is 29.5. The quantitative estimate of drug-likeness (QED) is 0.120. The second kappa shape index (κ2) is 20.1. The zero-order valence-corrected chi connectivity index (χ0v) is 50.0. The van der Waals surface area contributed by atoms with Gasteiger partial charge in [-0.05, 0) is 216 Å². The molecule has 0 bridgehead atoms. The molecule has 0 amide bonds. The van der Waals surface area contributed by atoms with E-state index in [4.69, 9.17) is 6.58 Å². The molecular weight excluding hydrogens is 1000 g/mol. The Labute approximate surface area is 492 Å². The predicted octanol–water partition coefficient (Wildman–Crippen LogP) is 21.6. The molecule has 3 heteroatoms. The van der Waals surface area contributed by atoms with Gasteiger partial charge in [0, 0.05) is 50.7 Å². The van der Waals surface area contributed by atoms with Crippen LogP contribution in [-0.4, -0.2) is 0 Å². The molecule has 1 heterocycles. The van der Waals surface area contributed by atoms with Gasteiger partial charge in [-0.3, -0.25) is 0 Å². The Balaban J connectivity index is 1.00. The Morgan fingerprint density at radius 1 is 0.410 bits per heavy atom. The molecule has 1 aliphatic heterocycles. The average Bonchev–Trinajstić information content (AvgIpc) is 2.31. The molecule has 83 heavy (non-hydrogen) atoms. The van der Waals surface area contributed by atoms with Gasteiger partial charge in [0.1, 0.15) is 0 Å². The summed E-state index contributed by atoms with van der Waals surface area (Å²) in [6.07, 6.45) is 6.88. The van der Waals surface area contributed by atoms with E-state index in [-0.39, 0.29) is 10.8 Å². The zero-order valence-electron chi connectivity index (χ0n) is 50.0. The highest BCUT2D eigenvalue weighted by Gasteiger charge is 2.47. The minimum Gasteiger partial charge on any atom is -0.311 e. The van der Waals surface area contributed by atoms with E-state index >= 15 is 0 Å². The highest BCUT2D eigenvalue weighted by Crippen LogP contribution is 2.59. The van der Waals surface area contributed by atoms with Gasteiger partial charge in [0.2, 0.25) is 0 Å². The van der Waals surface area contributed by atoms with Crippen molar-refractivity contribution in [3.8, 4) is 22.3 Å². The van der Waals surface area contributed by atoms with Crippen molar-refractivity contribution in [2.45, 2.75) is 92.4 Å². The van der Waals surface area contributed by atoms with Crippen LogP contribution in [0.2, 0.25) is 0 Å². The molecule has 0 spiro atoms. The van der Waals surface area contributed by atoms with Crippen LogP contribution in [-0.2, 0) is 16.2 Å². The Kier molecular flexibility index (Phi) is 12.8. The zero-order chi connectivity index (χ0) is 57.7. The van der Waals surface area contributed by atoms with Crippen LogP contribution in [0.1, 0.15) is 107 Å². The number of hydrogen-bond acceptors (Lipinski definition) is 3. The minimum atomic E-state index is -0.839. The van der Waals surface area contributed by atoms with Crippen LogP contribution < -0.4 is 14.7 Å². The van der Waals surface area contributed by atoms with E-state index in [9.17, 15) is 0 Å². The van der Waals surface area contributed by atoms with Crippen LogP contribution in [0.3, 0.4) is 0 Å². The predicted molar refractivity (Wildman–Crippen MR) is 353 cm³/mol. The topological polar surface area (TPSA) is 9.72 Å². The van der Waals surface area contributed by atoms with E-state index in [1.807, 2.05) is 0 Å². The summed E-state index contributed by atoms with van der Waals surface area (Å²) in [4.78, 5) is 7.38. The molecule has 10 aromatic rings. The van der Waals surface area contributed by atoms with Crippen molar-refractivity contribution < 1.29 is 0 Å². The maximum Gasteiger partial charge on any atom is 0.0736 e. The van der Waals surface area contributed by atoms with E-state index in [0.717, 1.165) is 62.3 Å². The number of fused-ring (bicyclic) bond motifs is 8. The van der Waals surface area contributed by atoms with Crippen molar-refractivity contribution in [3.05, 3.63) is 321 Å². The maximum atomic E-state index is 5.27. The Hall–Kier alpha value is -9.18. The average molecular weight is 1080 g/mol. The van der Waals surface area contributed by atoms with Crippen LogP contribution in [0.15, 0.2) is 248 Å². The first kappa shape index (κ1) is 53.1. The fourth-order valence-corrected chi connectivity index (χ4v) is 14.1. The van der Waals surface area contributed by atoms with Crippen LogP contribution >= 0.6 is 0 Å². The van der Waals surface area contributed by atoms with Gasteiger partial charge in [0.15, 0.2) is 0 Å². The molecule has 0 aromatic heterocycles. The third-order valence-electron chi connectivity index (χ3n) is 18.5. The number of benzene rings is 10. The van der Waals surface area contributed by atoms with Crippen molar-refractivity contribution in [2.75, 3.05) is 14.7 Å². The normalized spacial score (nSPS) is 15.9. The van der Waals surface area contributed by atoms with Crippen molar-refractivity contribution in [1.29, 1.82) is 0 Å². The monoisotopic (exact) mass is 1080 g/mol. The Morgan fingerprint density at radius 2 is 0.892 bits per heavy atom. The number of aryl methyl sites for hydroxylation is 6. The summed E-state index contributed by atoms with van der Waals surface area (Å²) < 4.78 is 0. The smallest absolute Gasteiger partial charge is 0.0736 e. The molecule has 1 atom stereocenters. The molecular formula is C80H73N3. The van der Waals surface area contributed by atoms with E-state index in [1.54, 1.807) is 0 Å². The van der Waals surface area contributed by atoms with Crippen LogP contribution in [0.4, 0.5) is 45.5 Å². The van der Waals surface area contributed by atoms with Gasteiger partial charge in [0.25, 0.3) is 0 Å². The summed E-state index contributed by atoms with van der Waals surface area (Å²) in [5.74, 6) is 0. The molecule has 3 aliphatic rings. The summed E-state index contributed by atoms with van der Waals surface area (Å²) in [6, 6.07) is 80.1. The lowest BCUT2D eigenvalue weighted by Crippen LogP contribution is -2.38. The fraction of sp³-hybridized carbons (Fsp3) is 0.175. The molecule has 1 unspecified atom stereocenters. The number of rotatable bonds is 11. The summed E-state index contributed by atoms with van der Waals surface area (Å²) in [6.45, 7) is 30.1. The highest BCUT2D eigenvalue weighted by atomic mass is 15.2. The lowest BCUT2D eigenvalue weighted by atomic mass is 9.62. The molecule has 2 aliphatic carbocycles. The molecule has 0 saturated carbocycles. The third-order valence-corrected chi connectivity index (χ3v) is 18.5. The fourth-order valence-electron chi connectivity index (χ4n) is 14.1. The minimum absolute atomic E-state index is 0.154. The van der Waals surface area contributed by atoms with Gasteiger partial charge in [-0.1, -0.05) is 197 Å². The van der Waals surface area contributed by atoms with Crippen molar-refractivity contribution in [3.63, 3.8) is 0 Å². The number of hydrogen-bond donors (Lipinski definition) is 0. The van der Waals surface area contributed by atoms with E-state index in [2.05, 4.69) is 321 Å². The lowest BCUT2D eigenvalue weighted by molar-refractivity contribution is 0.660. The van der Waals surface area contributed by atoms with Crippen LogP contribution in [0.5, 0.6) is 0 Å². The molecule has 3 nitrogen and oxygen atoms in total. The van der Waals surface area contributed by atoms with Gasteiger partial charge in [-0.25, -0.2) is 0 Å². The second-order valence-electron chi connectivity index (χ2n) is 24.6. The summed E-state index contributed by atoms with van der Waals surface area (Å²) in [5, 5.41) is 0. The SMILES string of the molecule is C=C(/C=C\C(=C/C)N(c1ccc2c(c1)C(C)(C)c1ccccc1-2)c1cc(C)ccc1C)C1(c2ccc(N(c3ccc4c(c3)C(C)(C)c3ccccc3-4)c3cc(C)ccc3C)cc2)c2ccccc2N(c2ccc(C)cc2)c2ccc(C)cc21. The molecule has 0 radical (unpaired) electrons. The maximum absolute atomic E-state index is 5.27. The standard InChI is InChI=1S/C80H73N3/c1-13-59(81(76-47-53(4)26-31-55(76)6)62-41-43-66-64-20-14-16-22-68(64)78(9,10)71(66)49-62)38-33-57(8)80(70-24-18-19-25-74(70)83(61-36-28-51(2)29-37-61)75-45-30-52(3)46-73(75)80)58-34-39-60(40-35-58)82(77-48-54(5)27-32-56(77)7)63-42-44-67-65-21-15-17-23-69(65)79(11,12)72(67)50-63/h13-50H,8H2,1-7,9-12H3/b38-33-,59-13+. The second-order valence-corrected chi connectivity index (χ2v) is 24.6. The number of nitrogens with zero attached hydrogens (tertiary/aromatic N) is 3. The first-order chi connectivity index (χ1) is 40.0. The highest BCUT2D eigenvalue weighted by molar-refractivity contribution is 5.92. The van der Waals surface area contributed by atoms with Gasteiger partial charge >= 0.3 is 0 Å². The molecule has 408 valence electrons. The molecule has 0 fully saturated rings. The van der Waals surface area contributed by atoms with E-state index in [0.29, 0.717) is 0 Å². The van der Waals surface area contributed by atoms with Gasteiger partial charge in [-0.15, -0.1) is 0 Å². The Morgan fingerprint density at radius 3 is 1.52 bits per heavy atom. The molecule has 10 aromatic carbocycles. The number of allylic oxidation sites excluding steroid dienone is 4. The van der Waals surface area contributed by atoms with E-state index < -0.39 is 5.41 Å².